The van der Waals surface area contributed by atoms with Gasteiger partial charge in [-0.25, -0.2) is 4.68 Å². The molecule has 5 rings (SSSR count). The van der Waals surface area contributed by atoms with Crippen LogP contribution in [0.2, 0.25) is 10.0 Å². The fraction of sp³-hybridized carbons (Fsp3) is 0.333. The maximum Gasteiger partial charge on any atom is 0.322 e. The van der Waals surface area contributed by atoms with Crippen molar-refractivity contribution >= 4 is 45.1 Å². The van der Waals surface area contributed by atoms with Crippen LogP contribution in [-0.4, -0.2) is 61.5 Å². The SMILES string of the molecule is CC(C)n1ncc(Cl)c1-c1cc2n(n1)CCC(=O)N2Cc1ccc(-c2ccn(S(=O)(=O)N(C)C)n2)c(Cl)c1. The Labute approximate surface area is 230 Å². The number of rotatable bonds is 7. The summed E-state index contributed by atoms with van der Waals surface area (Å²) in [6, 6.07) is 8.89. The first kappa shape index (κ1) is 26.4. The summed E-state index contributed by atoms with van der Waals surface area (Å²) in [7, 11) is -0.867. The molecule has 1 aliphatic rings. The van der Waals surface area contributed by atoms with Crippen molar-refractivity contribution in [3.05, 3.63) is 58.3 Å². The van der Waals surface area contributed by atoms with E-state index in [1.807, 2.05) is 30.7 Å². The molecule has 0 spiro atoms. The van der Waals surface area contributed by atoms with Gasteiger partial charge in [0.05, 0.1) is 35.0 Å². The van der Waals surface area contributed by atoms with E-state index in [4.69, 9.17) is 28.3 Å². The molecule has 4 heterocycles. The predicted octanol–water partition coefficient (Wildman–Crippen LogP) is 4.09. The van der Waals surface area contributed by atoms with E-state index in [0.717, 1.165) is 14.0 Å². The minimum absolute atomic E-state index is 0.0275. The molecule has 0 fully saturated rings. The van der Waals surface area contributed by atoms with Gasteiger partial charge in [-0.2, -0.15) is 32.1 Å². The van der Waals surface area contributed by atoms with Crippen molar-refractivity contribution in [2.24, 2.45) is 0 Å². The van der Waals surface area contributed by atoms with Crippen LogP contribution >= 0.6 is 23.2 Å². The van der Waals surface area contributed by atoms with Crippen molar-refractivity contribution < 1.29 is 13.2 Å². The minimum atomic E-state index is -3.73. The van der Waals surface area contributed by atoms with Gasteiger partial charge < -0.3 is 0 Å². The van der Waals surface area contributed by atoms with Gasteiger partial charge >= 0.3 is 10.2 Å². The molecule has 1 aliphatic heterocycles. The van der Waals surface area contributed by atoms with Crippen molar-refractivity contribution in [1.29, 1.82) is 0 Å². The molecule has 4 aromatic rings. The number of fused-ring (bicyclic) bond motifs is 1. The number of amides is 1. The van der Waals surface area contributed by atoms with Gasteiger partial charge in [-0.3, -0.25) is 14.4 Å². The van der Waals surface area contributed by atoms with E-state index in [9.17, 15) is 13.2 Å². The average Bonchev–Trinajstić information content (AvgIpc) is 3.59. The van der Waals surface area contributed by atoms with Crippen LogP contribution < -0.4 is 4.90 Å². The van der Waals surface area contributed by atoms with Crippen molar-refractivity contribution in [3.63, 3.8) is 0 Å². The highest BCUT2D eigenvalue weighted by Gasteiger charge is 2.28. The van der Waals surface area contributed by atoms with Crippen LogP contribution in [0.25, 0.3) is 22.6 Å². The molecule has 3 aromatic heterocycles. The number of aryl methyl sites for hydroxylation is 1. The van der Waals surface area contributed by atoms with Crippen LogP contribution in [0.4, 0.5) is 5.82 Å². The predicted molar refractivity (Wildman–Crippen MR) is 145 cm³/mol. The van der Waals surface area contributed by atoms with Gasteiger partial charge in [0.25, 0.3) is 0 Å². The smallest absolute Gasteiger partial charge is 0.292 e. The summed E-state index contributed by atoms with van der Waals surface area (Å²) in [5, 5.41) is 14.2. The molecule has 0 unspecified atom stereocenters. The third-order valence-corrected chi connectivity index (χ3v) is 8.46. The van der Waals surface area contributed by atoms with Gasteiger partial charge in [-0.05, 0) is 31.5 Å². The second kappa shape index (κ2) is 9.84. The van der Waals surface area contributed by atoms with E-state index in [1.165, 1.54) is 20.3 Å². The standard InChI is InChI=1S/C24H26Cl2N8O3S/c1-15(2)34-24(19(26)13-27-34)21-12-22-31(23(35)8-9-32(22)28-21)14-16-5-6-17(18(25)11-16)20-7-10-33(29-20)38(36,37)30(3)4/h5-7,10-13,15H,8-9,14H2,1-4H3. The Morgan fingerprint density at radius 3 is 2.50 bits per heavy atom. The van der Waals surface area contributed by atoms with Crippen LogP contribution in [-0.2, 0) is 28.1 Å². The molecule has 11 nitrogen and oxygen atoms in total. The van der Waals surface area contributed by atoms with Gasteiger partial charge in [-0.1, -0.05) is 35.3 Å². The van der Waals surface area contributed by atoms with Crippen molar-refractivity contribution in [3.8, 4) is 22.6 Å². The van der Waals surface area contributed by atoms with E-state index in [2.05, 4.69) is 10.2 Å². The Bertz CT molecular complexity index is 1640. The molecule has 0 saturated carbocycles. The highest BCUT2D eigenvalue weighted by molar-refractivity contribution is 7.87. The molecule has 1 aromatic carbocycles. The number of hydrogen-bond acceptors (Lipinski definition) is 6. The summed E-state index contributed by atoms with van der Waals surface area (Å²) in [5.41, 5.74) is 3.15. The molecule has 200 valence electrons. The molecule has 0 radical (unpaired) electrons. The Balaban J connectivity index is 1.43. The number of nitrogens with zero attached hydrogens (tertiary/aromatic N) is 8. The highest BCUT2D eigenvalue weighted by atomic mass is 35.5. The molecule has 14 heteroatoms. The summed E-state index contributed by atoms with van der Waals surface area (Å²) in [5.74, 6) is 0.636. The largest absolute Gasteiger partial charge is 0.322 e. The maximum atomic E-state index is 13.0. The second-order valence-electron chi connectivity index (χ2n) is 9.40. The van der Waals surface area contributed by atoms with E-state index < -0.39 is 10.2 Å². The Morgan fingerprint density at radius 1 is 1.05 bits per heavy atom. The Morgan fingerprint density at radius 2 is 1.82 bits per heavy atom. The Hall–Kier alpha value is -3.19. The molecule has 0 atom stereocenters. The molecule has 0 bridgehead atoms. The van der Waals surface area contributed by atoms with Gasteiger partial charge in [0.2, 0.25) is 5.91 Å². The van der Waals surface area contributed by atoms with Gasteiger partial charge in [0.1, 0.15) is 17.2 Å². The number of carbonyl (C=O) groups is 1. The molecule has 0 aliphatic carbocycles. The zero-order valence-electron chi connectivity index (χ0n) is 21.2. The zero-order chi connectivity index (χ0) is 27.4. The second-order valence-corrected chi connectivity index (χ2v) is 12.2. The summed E-state index contributed by atoms with van der Waals surface area (Å²) in [6.07, 6.45) is 3.28. The maximum absolute atomic E-state index is 13.0. The monoisotopic (exact) mass is 576 g/mol. The van der Waals surface area contributed by atoms with Crippen LogP contribution in [0.15, 0.2) is 42.7 Å². The van der Waals surface area contributed by atoms with Crippen molar-refractivity contribution in [1.82, 2.24) is 33.1 Å². The number of aromatic nitrogens is 6. The fourth-order valence-electron chi connectivity index (χ4n) is 4.30. The number of halogens is 2. The van der Waals surface area contributed by atoms with Crippen LogP contribution in [0.3, 0.4) is 0 Å². The van der Waals surface area contributed by atoms with Crippen molar-refractivity contribution in [2.45, 2.75) is 39.4 Å². The first-order chi connectivity index (χ1) is 18.0. The molecule has 0 N–H and O–H groups in total. The highest BCUT2D eigenvalue weighted by Crippen LogP contribution is 2.35. The normalized spacial score (nSPS) is 14.1. The fourth-order valence-corrected chi connectivity index (χ4v) is 5.57. The topological polar surface area (TPSA) is 111 Å². The first-order valence-corrected chi connectivity index (χ1v) is 14.0. The van der Waals surface area contributed by atoms with Crippen molar-refractivity contribution in [2.75, 3.05) is 19.0 Å². The van der Waals surface area contributed by atoms with Crippen LogP contribution in [0, 0.1) is 0 Å². The molecule has 1 amide bonds. The van der Waals surface area contributed by atoms with Crippen LogP contribution in [0.1, 0.15) is 31.9 Å². The van der Waals surface area contributed by atoms with E-state index in [0.29, 0.717) is 51.5 Å². The minimum Gasteiger partial charge on any atom is -0.292 e. The van der Waals surface area contributed by atoms with E-state index in [-0.39, 0.29) is 18.5 Å². The number of benzene rings is 1. The Kier molecular flexibility index (Phi) is 6.84. The summed E-state index contributed by atoms with van der Waals surface area (Å²) >= 11 is 13.0. The van der Waals surface area contributed by atoms with Gasteiger partial charge in [0, 0.05) is 44.4 Å². The average molecular weight is 577 g/mol. The summed E-state index contributed by atoms with van der Waals surface area (Å²) in [4.78, 5) is 14.6. The first-order valence-electron chi connectivity index (χ1n) is 11.9. The van der Waals surface area contributed by atoms with Gasteiger partial charge in [0.15, 0.2) is 0 Å². The molecular formula is C24H26Cl2N8O3S. The summed E-state index contributed by atoms with van der Waals surface area (Å²) in [6.45, 7) is 4.77. The molecule has 38 heavy (non-hydrogen) atoms. The number of anilines is 1. The lowest BCUT2D eigenvalue weighted by atomic mass is 10.1. The lowest BCUT2D eigenvalue weighted by molar-refractivity contribution is -0.119. The molecular weight excluding hydrogens is 551 g/mol. The summed E-state index contributed by atoms with van der Waals surface area (Å²) < 4.78 is 30.3. The lowest BCUT2D eigenvalue weighted by Crippen LogP contribution is -2.36. The van der Waals surface area contributed by atoms with Gasteiger partial charge in [-0.15, -0.1) is 0 Å². The van der Waals surface area contributed by atoms with E-state index in [1.54, 1.807) is 34.0 Å². The molecule has 0 saturated heterocycles. The zero-order valence-corrected chi connectivity index (χ0v) is 23.5. The van der Waals surface area contributed by atoms with Crippen LogP contribution in [0.5, 0.6) is 0 Å². The third kappa shape index (κ3) is 4.62. The lowest BCUT2D eigenvalue weighted by Gasteiger charge is -2.27. The number of carbonyl (C=O) groups excluding carboxylic acids is 1. The van der Waals surface area contributed by atoms with E-state index >= 15 is 0 Å². The number of hydrogen-bond donors (Lipinski definition) is 0. The third-order valence-electron chi connectivity index (χ3n) is 6.27. The quantitative estimate of drug-likeness (QED) is 0.327.